The van der Waals surface area contributed by atoms with E-state index in [2.05, 4.69) is 103 Å². The molecule has 1 aliphatic heterocycles. The monoisotopic (exact) mass is 429 g/mol. The second-order valence-electron chi connectivity index (χ2n) is 9.37. The Balaban J connectivity index is 1.62. The van der Waals surface area contributed by atoms with E-state index in [4.69, 9.17) is 0 Å². The van der Waals surface area contributed by atoms with Gasteiger partial charge in [0.05, 0.1) is 6.04 Å². The highest BCUT2D eigenvalue weighted by molar-refractivity contribution is 6.03. The maximum atomic E-state index is 14.1. The predicted molar refractivity (Wildman–Crippen MR) is 132 cm³/mol. The van der Waals surface area contributed by atoms with E-state index in [1.165, 1.54) is 16.7 Å². The van der Waals surface area contributed by atoms with Gasteiger partial charge in [0.15, 0.2) is 5.78 Å². The van der Waals surface area contributed by atoms with Gasteiger partial charge in [-0.3, -0.25) is 10.1 Å². The fourth-order valence-corrected chi connectivity index (χ4v) is 6.92. The van der Waals surface area contributed by atoms with E-state index < -0.39 is 0 Å². The Bertz CT molecular complexity index is 1270. The SMILES string of the molecule is C[C@@H]1[C@@]2(c3ccccc3)[C@@H](c3ccccc3)N[C@@H](C(=O)c3ccccc3)[C@]12c1ccccc1. The molecule has 4 aromatic carbocycles. The van der Waals surface area contributed by atoms with Gasteiger partial charge < -0.3 is 0 Å². The van der Waals surface area contributed by atoms with E-state index >= 15 is 0 Å². The molecule has 5 atom stereocenters. The second kappa shape index (κ2) is 7.54. The molecule has 0 unspecified atom stereocenters. The van der Waals surface area contributed by atoms with Crippen LogP contribution < -0.4 is 5.32 Å². The first kappa shape index (κ1) is 20.1. The van der Waals surface area contributed by atoms with Crippen molar-refractivity contribution in [3.63, 3.8) is 0 Å². The van der Waals surface area contributed by atoms with Gasteiger partial charge in [-0.25, -0.2) is 0 Å². The largest absolute Gasteiger partial charge is 0.299 e. The van der Waals surface area contributed by atoms with Gasteiger partial charge in [-0.05, 0) is 22.6 Å². The Kier molecular flexibility index (Phi) is 4.60. The lowest BCUT2D eigenvalue weighted by molar-refractivity contribution is 0.0924. The molecule has 2 nitrogen and oxygen atoms in total. The highest BCUT2D eigenvalue weighted by Gasteiger charge is 2.85. The van der Waals surface area contributed by atoms with Crippen LogP contribution in [-0.4, -0.2) is 11.8 Å². The molecule has 0 aromatic heterocycles. The highest BCUT2D eigenvalue weighted by Crippen LogP contribution is 2.79. The number of hydrogen-bond donors (Lipinski definition) is 1. The molecule has 162 valence electrons. The van der Waals surface area contributed by atoms with Crippen molar-refractivity contribution in [1.29, 1.82) is 0 Å². The summed E-state index contributed by atoms with van der Waals surface area (Å²) in [5.41, 5.74) is 3.98. The van der Waals surface area contributed by atoms with E-state index in [-0.39, 0.29) is 28.7 Å². The van der Waals surface area contributed by atoms with Gasteiger partial charge in [0.25, 0.3) is 0 Å². The summed E-state index contributed by atoms with van der Waals surface area (Å²) in [6, 6.07) is 41.6. The molecule has 0 spiro atoms. The van der Waals surface area contributed by atoms with Crippen molar-refractivity contribution >= 4 is 5.78 Å². The minimum atomic E-state index is -0.330. The van der Waals surface area contributed by atoms with Crippen LogP contribution in [0.4, 0.5) is 0 Å². The maximum absolute atomic E-state index is 14.1. The van der Waals surface area contributed by atoms with Crippen molar-refractivity contribution in [2.45, 2.75) is 29.8 Å². The zero-order chi connectivity index (χ0) is 22.5. The molecule has 0 bridgehead atoms. The molecule has 0 amide bonds. The van der Waals surface area contributed by atoms with Gasteiger partial charge in [-0.2, -0.15) is 0 Å². The first-order valence-corrected chi connectivity index (χ1v) is 11.7. The topological polar surface area (TPSA) is 29.1 Å². The van der Waals surface area contributed by atoms with Crippen LogP contribution in [0.5, 0.6) is 0 Å². The third-order valence-corrected chi connectivity index (χ3v) is 8.17. The molecule has 0 radical (unpaired) electrons. The second-order valence-corrected chi connectivity index (χ2v) is 9.37. The summed E-state index contributed by atoms with van der Waals surface area (Å²) in [5.74, 6) is 0.460. The molecule has 1 heterocycles. The van der Waals surface area contributed by atoms with Crippen molar-refractivity contribution in [2.75, 3.05) is 0 Å². The number of Topliss-reactive ketones (excluding diaryl/α,β-unsaturated/α-hetero) is 1. The normalized spacial score (nSPS) is 29.9. The lowest BCUT2D eigenvalue weighted by Gasteiger charge is -2.27. The molecule has 1 saturated heterocycles. The maximum Gasteiger partial charge on any atom is 0.180 e. The third-order valence-electron chi connectivity index (χ3n) is 8.17. The lowest BCUT2D eigenvalue weighted by atomic mass is 9.75. The Morgan fingerprint density at radius 2 is 1.09 bits per heavy atom. The van der Waals surface area contributed by atoms with Crippen LogP contribution >= 0.6 is 0 Å². The number of piperidine rings is 1. The Morgan fingerprint density at radius 3 is 1.64 bits per heavy atom. The summed E-state index contributed by atoms with van der Waals surface area (Å²) in [5, 5.41) is 3.86. The number of carbonyl (C=O) groups is 1. The fourth-order valence-electron chi connectivity index (χ4n) is 6.92. The minimum absolute atomic E-state index is 0.0361. The molecule has 1 saturated carbocycles. The average molecular weight is 430 g/mol. The molecule has 1 N–H and O–H groups in total. The standard InChI is InChI=1S/C31H27NO/c1-22-30(25-18-10-4-11-19-25)28(24-16-8-3-9-17-24)32-29(27(33)23-14-6-2-7-15-23)31(22,30)26-20-12-5-13-21-26/h2-22,28-29,32H,1H3/t22-,28-,29+,30-,31-/m1/s1. The highest BCUT2D eigenvalue weighted by atomic mass is 16.1. The van der Waals surface area contributed by atoms with E-state index in [0.717, 1.165) is 5.56 Å². The number of hydrogen-bond acceptors (Lipinski definition) is 2. The quantitative estimate of drug-likeness (QED) is 0.388. The van der Waals surface area contributed by atoms with Crippen molar-refractivity contribution < 1.29 is 4.79 Å². The zero-order valence-electron chi connectivity index (χ0n) is 18.7. The summed E-state index contributed by atoms with van der Waals surface area (Å²) >= 11 is 0. The van der Waals surface area contributed by atoms with Gasteiger partial charge >= 0.3 is 0 Å². The van der Waals surface area contributed by atoms with Gasteiger partial charge in [0.1, 0.15) is 0 Å². The Hall–Kier alpha value is -3.49. The summed E-state index contributed by atoms with van der Waals surface area (Å²) in [4.78, 5) is 14.1. The molecule has 6 rings (SSSR count). The number of benzene rings is 4. The predicted octanol–water partition coefficient (Wildman–Crippen LogP) is 6.11. The van der Waals surface area contributed by atoms with E-state index in [0.29, 0.717) is 5.92 Å². The molecule has 4 aromatic rings. The fraction of sp³-hybridized carbons (Fsp3) is 0.194. The van der Waals surface area contributed by atoms with Crippen LogP contribution in [0.1, 0.15) is 40.0 Å². The summed E-state index contributed by atoms with van der Waals surface area (Å²) < 4.78 is 0. The number of rotatable bonds is 5. The van der Waals surface area contributed by atoms with Crippen LogP contribution in [0, 0.1) is 5.92 Å². The van der Waals surface area contributed by atoms with Crippen LogP contribution in [-0.2, 0) is 10.8 Å². The van der Waals surface area contributed by atoms with Crippen molar-refractivity contribution in [1.82, 2.24) is 5.32 Å². The number of ketones is 1. The molecule has 2 aliphatic rings. The van der Waals surface area contributed by atoms with Crippen molar-refractivity contribution in [3.8, 4) is 0 Å². The van der Waals surface area contributed by atoms with Gasteiger partial charge in [0.2, 0.25) is 0 Å². The summed E-state index contributed by atoms with van der Waals surface area (Å²) in [7, 11) is 0. The van der Waals surface area contributed by atoms with E-state index in [9.17, 15) is 4.79 Å². The third kappa shape index (κ3) is 2.62. The van der Waals surface area contributed by atoms with Crippen LogP contribution in [0.15, 0.2) is 121 Å². The molecular formula is C31H27NO. The van der Waals surface area contributed by atoms with Gasteiger partial charge in [-0.15, -0.1) is 0 Å². The summed E-state index contributed by atoms with van der Waals surface area (Å²) in [6.45, 7) is 2.34. The van der Waals surface area contributed by atoms with Crippen molar-refractivity contribution in [3.05, 3.63) is 144 Å². The molecule has 2 heteroatoms. The molecule has 33 heavy (non-hydrogen) atoms. The first-order chi connectivity index (χ1) is 16.2. The number of nitrogens with one attached hydrogen (secondary N) is 1. The van der Waals surface area contributed by atoms with E-state index in [1.807, 2.05) is 30.3 Å². The van der Waals surface area contributed by atoms with Crippen LogP contribution in [0.25, 0.3) is 0 Å². The van der Waals surface area contributed by atoms with Gasteiger partial charge in [-0.1, -0.05) is 128 Å². The lowest BCUT2D eigenvalue weighted by Crippen LogP contribution is -2.44. The van der Waals surface area contributed by atoms with E-state index in [1.54, 1.807) is 0 Å². The van der Waals surface area contributed by atoms with Crippen molar-refractivity contribution in [2.24, 2.45) is 5.92 Å². The zero-order valence-corrected chi connectivity index (χ0v) is 18.7. The molecular weight excluding hydrogens is 402 g/mol. The number of fused-ring (bicyclic) bond motifs is 1. The smallest absolute Gasteiger partial charge is 0.180 e. The first-order valence-electron chi connectivity index (χ1n) is 11.7. The Morgan fingerprint density at radius 1 is 0.636 bits per heavy atom. The Labute approximate surface area is 195 Å². The van der Waals surface area contributed by atoms with Crippen LogP contribution in [0.3, 0.4) is 0 Å². The van der Waals surface area contributed by atoms with Gasteiger partial charge in [0, 0.05) is 22.4 Å². The number of carbonyl (C=O) groups excluding carboxylic acids is 1. The molecule has 2 fully saturated rings. The van der Waals surface area contributed by atoms with Crippen LogP contribution in [0.2, 0.25) is 0 Å². The minimum Gasteiger partial charge on any atom is -0.299 e. The molecule has 1 aliphatic carbocycles. The summed E-state index contributed by atoms with van der Waals surface area (Å²) in [6.07, 6.45) is 0. The average Bonchev–Trinajstić information content (AvgIpc) is 3.29.